The molecule has 172 valence electrons. The van der Waals surface area contributed by atoms with Gasteiger partial charge in [0.25, 0.3) is 5.91 Å². The number of ether oxygens (including phenoxy) is 2. The summed E-state index contributed by atoms with van der Waals surface area (Å²) in [4.78, 5) is 24.7. The van der Waals surface area contributed by atoms with E-state index in [-0.39, 0.29) is 18.0 Å². The van der Waals surface area contributed by atoms with Gasteiger partial charge in [0, 0.05) is 4.47 Å². The van der Waals surface area contributed by atoms with Crippen molar-refractivity contribution in [1.29, 1.82) is 0 Å². The highest BCUT2D eigenvalue weighted by molar-refractivity contribution is 9.10. The Bertz CT molecular complexity index is 1320. The number of aliphatic carboxylic acids is 1. The summed E-state index contributed by atoms with van der Waals surface area (Å²) >= 11 is 3.32. The van der Waals surface area contributed by atoms with E-state index in [0.29, 0.717) is 27.2 Å². The molecule has 0 aromatic heterocycles. The molecule has 3 aromatic carbocycles. The monoisotopic (exact) mass is 523 g/mol. The third-order valence-corrected chi connectivity index (χ3v) is 5.42. The molecule has 0 spiro atoms. The van der Waals surface area contributed by atoms with Crippen molar-refractivity contribution < 1.29 is 28.6 Å². The van der Waals surface area contributed by atoms with Crippen molar-refractivity contribution >= 4 is 45.3 Å². The third-order valence-electron chi connectivity index (χ3n) is 4.93. The molecule has 0 fully saturated rings. The van der Waals surface area contributed by atoms with Crippen LogP contribution in [0.1, 0.15) is 11.1 Å². The number of carboxylic acids is 1. The molecule has 4 rings (SSSR count). The number of hydrogen-bond donors (Lipinski definition) is 0. The van der Waals surface area contributed by atoms with Crippen LogP contribution in [0.15, 0.2) is 81.9 Å². The first-order valence-electron chi connectivity index (χ1n) is 10.0. The van der Waals surface area contributed by atoms with Gasteiger partial charge in [-0.3, -0.25) is 4.79 Å². The Balaban J connectivity index is 1.64. The number of methoxy groups -OCH3 is 1. The molecule has 0 aliphatic carbocycles. The molecule has 0 saturated carbocycles. The number of rotatable bonds is 7. The summed E-state index contributed by atoms with van der Waals surface area (Å²) < 4.78 is 25.0. The number of anilines is 1. The zero-order valence-electron chi connectivity index (χ0n) is 17.8. The lowest BCUT2D eigenvalue weighted by Gasteiger charge is -2.13. The van der Waals surface area contributed by atoms with Crippen molar-refractivity contribution in [3.05, 3.63) is 93.7 Å². The number of carbonyl (C=O) groups excluding carboxylic acids is 2. The van der Waals surface area contributed by atoms with Crippen LogP contribution in [0.2, 0.25) is 0 Å². The standard InChI is InChI=1S/C25H18BrFN2O5/c1-33-21-10-7-16(12-22(21)34-14-15-5-8-18(27)9-6-15)11-20-23(25(31)32)28-29(24(20)30)19-4-2-3-17(26)13-19/h2-13H,14H2,1H3,(H,31,32)/p-1/b20-11-. The van der Waals surface area contributed by atoms with E-state index >= 15 is 0 Å². The topological polar surface area (TPSA) is 91.3 Å². The number of amides is 1. The lowest BCUT2D eigenvalue weighted by Crippen LogP contribution is -2.32. The number of carboxylic acid groups (broad SMARTS) is 1. The zero-order chi connectivity index (χ0) is 24.2. The maximum absolute atomic E-state index is 13.1. The molecule has 1 aliphatic heterocycles. The summed E-state index contributed by atoms with van der Waals surface area (Å²) in [7, 11) is 1.48. The number of hydrogen-bond acceptors (Lipinski definition) is 6. The molecule has 0 saturated heterocycles. The van der Waals surface area contributed by atoms with Crippen molar-refractivity contribution in [1.82, 2.24) is 0 Å². The largest absolute Gasteiger partial charge is 0.543 e. The first-order valence-corrected chi connectivity index (χ1v) is 10.8. The minimum absolute atomic E-state index is 0.130. The lowest BCUT2D eigenvalue weighted by molar-refractivity contribution is -0.294. The summed E-state index contributed by atoms with van der Waals surface area (Å²) in [6.07, 6.45) is 1.40. The second kappa shape index (κ2) is 9.88. The number of nitrogens with zero attached hydrogens (tertiary/aromatic N) is 2. The van der Waals surface area contributed by atoms with Crippen LogP contribution >= 0.6 is 15.9 Å². The molecule has 1 aliphatic rings. The molecule has 0 N–H and O–H groups in total. The van der Waals surface area contributed by atoms with Crippen molar-refractivity contribution in [3.8, 4) is 11.5 Å². The SMILES string of the molecule is COc1ccc(/C=C2\C(=O)N(c3cccc(Br)c3)N=C2C(=O)[O-])cc1OCc1ccc(F)cc1. The fourth-order valence-corrected chi connectivity index (χ4v) is 3.67. The van der Waals surface area contributed by atoms with Crippen LogP contribution in [-0.2, 0) is 16.2 Å². The van der Waals surface area contributed by atoms with Crippen molar-refractivity contribution in [3.63, 3.8) is 0 Å². The third kappa shape index (κ3) is 4.99. The van der Waals surface area contributed by atoms with E-state index in [9.17, 15) is 19.1 Å². The van der Waals surface area contributed by atoms with E-state index in [4.69, 9.17) is 9.47 Å². The van der Waals surface area contributed by atoms with Gasteiger partial charge in [-0.2, -0.15) is 10.1 Å². The van der Waals surface area contributed by atoms with E-state index in [1.54, 1.807) is 54.6 Å². The Morgan fingerprint density at radius 3 is 2.56 bits per heavy atom. The second-order valence-corrected chi connectivity index (χ2v) is 8.13. The van der Waals surface area contributed by atoms with E-state index in [2.05, 4.69) is 21.0 Å². The molecule has 34 heavy (non-hydrogen) atoms. The van der Waals surface area contributed by atoms with E-state index < -0.39 is 17.6 Å². The van der Waals surface area contributed by atoms with Crippen LogP contribution in [-0.4, -0.2) is 24.7 Å². The highest BCUT2D eigenvalue weighted by Crippen LogP contribution is 2.32. The average Bonchev–Trinajstić information content (AvgIpc) is 3.15. The summed E-state index contributed by atoms with van der Waals surface area (Å²) in [6, 6.07) is 17.5. The summed E-state index contributed by atoms with van der Waals surface area (Å²) in [5.74, 6) is -1.73. The van der Waals surface area contributed by atoms with Crippen LogP contribution in [0, 0.1) is 5.82 Å². The lowest BCUT2D eigenvalue weighted by atomic mass is 10.1. The number of carbonyl (C=O) groups is 2. The predicted molar refractivity (Wildman–Crippen MR) is 126 cm³/mol. The van der Waals surface area contributed by atoms with Crippen molar-refractivity contribution in [2.45, 2.75) is 6.61 Å². The maximum Gasteiger partial charge on any atom is 0.281 e. The van der Waals surface area contributed by atoms with Crippen molar-refractivity contribution in [2.24, 2.45) is 5.10 Å². The number of halogens is 2. The summed E-state index contributed by atoms with van der Waals surface area (Å²) in [6.45, 7) is 0.151. The van der Waals surface area contributed by atoms with Gasteiger partial charge in [0.05, 0.1) is 24.3 Å². The fraction of sp³-hybridized carbons (Fsp3) is 0.0800. The highest BCUT2D eigenvalue weighted by atomic mass is 79.9. The maximum atomic E-state index is 13.1. The molecule has 0 unspecified atom stereocenters. The molecule has 3 aromatic rings. The van der Waals surface area contributed by atoms with Gasteiger partial charge >= 0.3 is 0 Å². The van der Waals surface area contributed by atoms with Crippen molar-refractivity contribution in [2.75, 3.05) is 12.1 Å². The Morgan fingerprint density at radius 1 is 1.12 bits per heavy atom. The van der Waals surface area contributed by atoms with Crippen LogP contribution < -0.4 is 19.6 Å². The van der Waals surface area contributed by atoms with Gasteiger partial charge in [-0.25, -0.2) is 4.39 Å². The fourth-order valence-electron chi connectivity index (χ4n) is 3.28. The Labute approximate surface area is 202 Å². The number of hydrazone groups is 1. The molecule has 1 amide bonds. The molecule has 9 heteroatoms. The Kier molecular flexibility index (Phi) is 6.74. The predicted octanol–water partition coefficient (Wildman–Crippen LogP) is 3.71. The molecule has 7 nitrogen and oxygen atoms in total. The van der Waals surface area contributed by atoms with Gasteiger partial charge in [-0.1, -0.05) is 40.2 Å². The first-order chi connectivity index (χ1) is 16.4. The normalized spacial score (nSPS) is 14.3. The van der Waals surface area contributed by atoms with E-state index in [0.717, 1.165) is 10.6 Å². The quantitative estimate of drug-likeness (QED) is 0.440. The highest BCUT2D eigenvalue weighted by Gasteiger charge is 2.32. The Morgan fingerprint density at radius 2 is 1.88 bits per heavy atom. The smallest absolute Gasteiger partial charge is 0.281 e. The summed E-state index contributed by atoms with van der Waals surface area (Å²) in [5, 5.41) is 16.7. The molecular formula is C25H17BrFN2O5-. The van der Waals surface area contributed by atoms with Crippen LogP contribution in [0.25, 0.3) is 6.08 Å². The molecule has 0 radical (unpaired) electrons. The van der Waals surface area contributed by atoms with Gasteiger partial charge in [0.1, 0.15) is 18.1 Å². The van der Waals surface area contributed by atoms with Gasteiger partial charge in [0.15, 0.2) is 11.5 Å². The molecular weight excluding hydrogens is 507 g/mol. The van der Waals surface area contributed by atoms with Gasteiger partial charge < -0.3 is 19.4 Å². The zero-order valence-corrected chi connectivity index (χ0v) is 19.4. The van der Waals surface area contributed by atoms with Crippen LogP contribution in [0.4, 0.5) is 10.1 Å². The Hall–Kier alpha value is -3.98. The summed E-state index contributed by atoms with van der Waals surface area (Å²) in [5.41, 5.74) is 1.03. The average molecular weight is 524 g/mol. The number of benzene rings is 3. The van der Waals surface area contributed by atoms with E-state index in [1.165, 1.54) is 25.3 Å². The minimum Gasteiger partial charge on any atom is -0.543 e. The van der Waals surface area contributed by atoms with Crippen LogP contribution in [0.3, 0.4) is 0 Å². The second-order valence-electron chi connectivity index (χ2n) is 7.22. The van der Waals surface area contributed by atoms with Gasteiger partial charge in [-0.05, 0) is 59.7 Å². The molecule has 0 atom stereocenters. The molecule has 0 bridgehead atoms. The van der Waals surface area contributed by atoms with Gasteiger partial charge in [-0.15, -0.1) is 0 Å². The van der Waals surface area contributed by atoms with Crippen LogP contribution in [0.5, 0.6) is 11.5 Å². The van der Waals surface area contributed by atoms with E-state index in [1.807, 2.05) is 0 Å². The minimum atomic E-state index is -1.57. The first kappa shape index (κ1) is 23.2. The molecule has 1 heterocycles. The van der Waals surface area contributed by atoms with Gasteiger partial charge in [0.2, 0.25) is 0 Å².